The molecule has 2 rings (SSSR count). The largest absolute Gasteiger partial charge is 0.395 e. The molecular formula is C11H15N5O2S. The first-order chi connectivity index (χ1) is 9.02. The number of thiazole rings is 1. The fourth-order valence-corrected chi connectivity index (χ4v) is 2.31. The Bertz CT molecular complexity index is 654. The average molecular weight is 281 g/mol. The van der Waals surface area contributed by atoms with Gasteiger partial charge in [-0.1, -0.05) is 11.3 Å². The van der Waals surface area contributed by atoms with E-state index < -0.39 is 0 Å². The SMILES string of the molecule is CCn1nc(C)c(N)c1C(=O)NCc1csc(=O)[nH]1. The molecule has 2 aromatic rings. The summed E-state index contributed by atoms with van der Waals surface area (Å²) in [5.41, 5.74) is 7.90. The summed E-state index contributed by atoms with van der Waals surface area (Å²) in [6.07, 6.45) is 0. The number of hydrogen-bond donors (Lipinski definition) is 3. The van der Waals surface area contributed by atoms with Crippen molar-refractivity contribution in [3.8, 4) is 0 Å². The number of nitrogens with two attached hydrogens (primary N) is 1. The predicted molar refractivity (Wildman–Crippen MR) is 73.2 cm³/mol. The summed E-state index contributed by atoms with van der Waals surface area (Å²) in [4.78, 5) is 25.6. The van der Waals surface area contributed by atoms with Crippen LogP contribution < -0.4 is 15.9 Å². The first-order valence-corrected chi connectivity index (χ1v) is 6.68. The number of aromatic nitrogens is 3. The van der Waals surface area contributed by atoms with Gasteiger partial charge in [0.2, 0.25) is 0 Å². The van der Waals surface area contributed by atoms with Crippen LogP contribution in [0.2, 0.25) is 0 Å². The van der Waals surface area contributed by atoms with Gasteiger partial charge >= 0.3 is 4.87 Å². The number of nitrogen functional groups attached to an aromatic ring is 1. The number of rotatable bonds is 4. The first kappa shape index (κ1) is 13.3. The van der Waals surface area contributed by atoms with Gasteiger partial charge in [0, 0.05) is 17.6 Å². The maximum Gasteiger partial charge on any atom is 0.304 e. The monoisotopic (exact) mass is 281 g/mol. The number of aryl methyl sites for hydroxylation is 2. The molecule has 8 heteroatoms. The highest BCUT2D eigenvalue weighted by atomic mass is 32.1. The van der Waals surface area contributed by atoms with E-state index >= 15 is 0 Å². The zero-order chi connectivity index (χ0) is 14.0. The molecule has 2 aromatic heterocycles. The molecule has 0 saturated carbocycles. The third-order valence-electron chi connectivity index (χ3n) is 2.70. The number of nitrogens with one attached hydrogen (secondary N) is 2. The van der Waals surface area contributed by atoms with Gasteiger partial charge in [0.1, 0.15) is 5.69 Å². The number of aromatic amines is 1. The van der Waals surface area contributed by atoms with E-state index in [2.05, 4.69) is 15.4 Å². The van der Waals surface area contributed by atoms with Gasteiger partial charge in [0.15, 0.2) is 0 Å². The van der Waals surface area contributed by atoms with Crippen molar-refractivity contribution in [3.63, 3.8) is 0 Å². The minimum Gasteiger partial charge on any atom is -0.395 e. The van der Waals surface area contributed by atoms with Crippen molar-refractivity contribution < 1.29 is 4.79 Å². The van der Waals surface area contributed by atoms with Gasteiger partial charge in [-0.05, 0) is 13.8 Å². The molecule has 0 saturated heterocycles. The summed E-state index contributed by atoms with van der Waals surface area (Å²) in [7, 11) is 0. The molecule has 2 heterocycles. The fourth-order valence-electron chi connectivity index (χ4n) is 1.72. The molecule has 0 atom stereocenters. The standard InChI is InChI=1S/C11H15N5O2S/c1-3-16-9(8(12)6(2)15-16)10(17)13-4-7-5-19-11(18)14-7/h5H,3-4,12H2,1-2H3,(H,13,17)(H,14,18). The number of H-pyrrole nitrogens is 1. The highest BCUT2D eigenvalue weighted by molar-refractivity contribution is 7.07. The summed E-state index contributed by atoms with van der Waals surface area (Å²) in [5, 5.41) is 8.57. The summed E-state index contributed by atoms with van der Waals surface area (Å²) in [6, 6.07) is 0. The van der Waals surface area contributed by atoms with Crippen LogP contribution in [0.1, 0.15) is 28.8 Å². The Morgan fingerprint density at radius 1 is 1.63 bits per heavy atom. The van der Waals surface area contributed by atoms with Gasteiger partial charge in [-0.15, -0.1) is 0 Å². The van der Waals surface area contributed by atoms with E-state index in [1.54, 1.807) is 17.0 Å². The van der Waals surface area contributed by atoms with Crippen LogP contribution in [0.5, 0.6) is 0 Å². The van der Waals surface area contributed by atoms with E-state index in [0.29, 0.717) is 29.3 Å². The molecule has 0 aliphatic rings. The Morgan fingerprint density at radius 2 is 2.37 bits per heavy atom. The molecule has 0 fully saturated rings. The lowest BCUT2D eigenvalue weighted by Gasteiger charge is -2.06. The first-order valence-electron chi connectivity index (χ1n) is 5.80. The van der Waals surface area contributed by atoms with Crippen LogP contribution in [0.4, 0.5) is 5.69 Å². The second-order valence-electron chi connectivity index (χ2n) is 4.02. The van der Waals surface area contributed by atoms with E-state index in [9.17, 15) is 9.59 Å². The molecule has 0 bridgehead atoms. The van der Waals surface area contributed by atoms with E-state index in [0.717, 1.165) is 11.3 Å². The fraction of sp³-hybridized carbons (Fsp3) is 0.364. The molecule has 0 unspecified atom stereocenters. The summed E-state index contributed by atoms with van der Waals surface area (Å²) in [5.74, 6) is -0.299. The number of carbonyl (C=O) groups excluding carboxylic acids is 1. The minimum atomic E-state index is -0.299. The molecule has 0 spiro atoms. The maximum absolute atomic E-state index is 12.1. The van der Waals surface area contributed by atoms with Crippen LogP contribution in [0.3, 0.4) is 0 Å². The highest BCUT2D eigenvalue weighted by Crippen LogP contribution is 2.16. The van der Waals surface area contributed by atoms with E-state index in [-0.39, 0.29) is 17.3 Å². The van der Waals surface area contributed by atoms with Gasteiger partial charge in [0.05, 0.1) is 17.9 Å². The lowest BCUT2D eigenvalue weighted by Crippen LogP contribution is -2.27. The summed E-state index contributed by atoms with van der Waals surface area (Å²) in [6.45, 7) is 4.47. The molecule has 102 valence electrons. The zero-order valence-corrected chi connectivity index (χ0v) is 11.5. The predicted octanol–water partition coefficient (Wildman–Crippen LogP) is 0.473. The second kappa shape index (κ2) is 5.27. The number of carbonyl (C=O) groups is 1. The van der Waals surface area contributed by atoms with Crippen molar-refractivity contribution in [3.05, 3.63) is 32.1 Å². The minimum absolute atomic E-state index is 0.141. The smallest absolute Gasteiger partial charge is 0.304 e. The molecule has 0 aliphatic heterocycles. The lowest BCUT2D eigenvalue weighted by atomic mass is 10.3. The Labute approximate surface area is 113 Å². The number of nitrogens with zero attached hydrogens (tertiary/aromatic N) is 2. The van der Waals surface area contributed by atoms with Crippen molar-refractivity contribution in [2.24, 2.45) is 0 Å². The topological polar surface area (TPSA) is 106 Å². The van der Waals surface area contributed by atoms with E-state index in [1.807, 2.05) is 6.92 Å². The van der Waals surface area contributed by atoms with Crippen LogP contribution in [-0.2, 0) is 13.1 Å². The second-order valence-corrected chi connectivity index (χ2v) is 4.86. The number of hydrogen-bond acceptors (Lipinski definition) is 5. The third-order valence-corrected chi connectivity index (χ3v) is 3.42. The van der Waals surface area contributed by atoms with Crippen molar-refractivity contribution in [2.75, 3.05) is 5.73 Å². The molecule has 1 amide bonds. The van der Waals surface area contributed by atoms with Gasteiger partial charge < -0.3 is 16.0 Å². The van der Waals surface area contributed by atoms with Crippen LogP contribution >= 0.6 is 11.3 Å². The van der Waals surface area contributed by atoms with Crippen LogP contribution in [0.25, 0.3) is 0 Å². The van der Waals surface area contributed by atoms with Crippen LogP contribution in [0, 0.1) is 6.92 Å². The van der Waals surface area contributed by atoms with Gasteiger partial charge in [-0.3, -0.25) is 14.3 Å². The summed E-state index contributed by atoms with van der Waals surface area (Å²) < 4.78 is 1.57. The van der Waals surface area contributed by atoms with Crippen LogP contribution in [0.15, 0.2) is 10.2 Å². The Morgan fingerprint density at radius 3 is 2.95 bits per heavy atom. The molecule has 0 radical (unpaired) electrons. The third kappa shape index (κ3) is 2.68. The highest BCUT2D eigenvalue weighted by Gasteiger charge is 2.18. The molecule has 19 heavy (non-hydrogen) atoms. The molecule has 0 aromatic carbocycles. The average Bonchev–Trinajstić information content (AvgIpc) is 2.92. The molecule has 0 aliphatic carbocycles. The van der Waals surface area contributed by atoms with Crippen LogP contribution in [-0.4, -0.2) is 20.7 Å². The zero-order valence-electron chi connectivity index (χ0n) is 10.7. The number of anilines is 1. The molecular weight excluding hydrogens is 266 g/mol. The molecule has 7 nitrogen and oxygen atoms in total. The van der Waals surface area contributed by atoms with Gasteiger partial charge in [-0.25, -0.2) is 0 Å². The van der Waals surface area contributed by atoms with Crippen molar-refractivity contribution in [2.45, 2.75) is 26.9 Å². The van der Waals surface area contributed by atoms with E-state index in [4.69, 9.17) is 5.73 Å². The summed E-state index contributed by atoms with van der Waals surface area (Å²) >= 11 is 1.06. The maximum atomic E-state index is 12.1. The van der Waals surface area contributed by atoms with Crippen molar-refractivity contribution in [1.82, 2.24) is 20.1 Å². The quantitative estimate of drug-likeness (QED) is 0.757. The lowest BCUT2D eigenvalue weighted by molar-refractivity contribution is 0.0940. The van der Waals surface area contributed by atoms with Gasteiger partial charge in [-0.2, -0.15) is 5.10 Å². The van der Waals surface area contributed by atoms with Crippen molar-refractivity contribution >= 4 is 22.9 Å². The Kier molecular flexibility index (Phi) is 3.70. The Balaban J connectivity index is 2.14. The Hall–Kier alpha value is -2.09. The van der Waals surface area contributed by atoms with Gasteiger partial charge in [0.25, 0.3) is 5.91 Å². The van der Waals surface area contributed by atoms with E-state index in [1.165, 1.54) is 0 Å². The number of amides is 1. The van der Waals surface area contributed by atoms with Crippen molar-refractivity contribution in [1.29, 1.82) is 0 Å². The molecule has 4 N–H and O–H groups in total. The normalized spacial score (nSPS) is 10.6.